The fourth-order valence-electron chi connectivity index (χ4n) is 1.79. The van der Waals surface area contributed by atoms with E-state index < -0.39 is 26.5 Å². The monoisotopic (exact) mass is 373 g/mol. The summed E-state index contributed by atoms with van der Waals surface area (Å²) >= 11 is 0. The van der Waals surface area contributed by atoms with Crippen LogP contribution in [0.4, 0.5) is 4.39 Å². The van der Waals surface area contributed by atoms with E-state index in [0.717, 1.165) is 0 Å². The SMILES string of the molecule is C=CCOP(=O)(OCC=C)Oc1ccc(CC(N)C(=O)O)cc1CF. The zero-order chi connectivity index (χ0) is 18.9. The Bertz CT molecular complexity index is 650. The van der Waals surface area contributed by atoms with Crippen molar-refractivity contribution < 1.29 is 32.4 Å². The van der Waals surface area contributed by atoms with Gasteiger partial charge in [-0.2, -0.15) is 0 Å². The number of carboxylic acids is 1. The molecule has 1 atom stereocenters. The number of alkyl halides is 1. The first-order valence-electron chi connectivity index (χ1n) is 7.32. The normalized spacial score (nSPS) is 12.4. The van der Waals surface area contributed by atoms with Gasteiger partial charge in [0, 0.05) is 5.56 Å². The van der Waals surface area contributed by atoms with Gasteiger partial charge in [-0.15, -0.1) is 13.2 Å². The molecule has 1 unspecified atom stereocenters. The number of phosphoric acid groups is 1. The fraction of sp³-hybridized carbons (Fsp3) is 0.312. The van der Waals surface area contributed by atoms with Gasteiger partial charge in [0.05, 0.1) is 13.2 Å². The minimum Gasteiger partial charge on any atom is -0.480 e. The van der Waals surface area contributed by atoms with E-state index in [1.807, 2.05) is 0 Å². The number of hydrogen-bond acceptors (Lipinski definition) is 6. The van der Waals surface area contributed by atoms with E-state index >= 15 is 0 Å². The van der Waals surface area contributed by atoms with Gasteiger partial charge in [-0.25, -0.2) is 8.96 Å². The second-order valence-corrected chi connectivity index (χ2v) is 6.53. The molecule has 138 valence electrons. The van der Waals surface area contributed by atoms with Crippen LogP contribution in [-0.2, 0) is 31.5 Å². The molecule has 1 rings (SSSR count). The van der Waals surface area contributed by atoms with Crippen LogP contribution in [0.3, 0.4) is 0 Å². The first-order chi connectivity index (χ1) is 11.8. The zero-order valence-corrected chi connectivity index (χ0v) is 14.5. The summed E-state index contributed by atoms with van der Waals surface area (Å²) in [6, 6.07) is 3.14. The Hall–Kier alpha value is -1.99. The van der Waals surface area contributed by atoms with Crippen molar-refractivity contribution in [2.75, 3.05) is 13.2 Å². The van der Waals surface area contributed by atoms with Crippen molar-refractivity contribution in [1.29, 1.82) is 0 Å². The number of hydrogen-bond donors (Lipinski definition) is 2. The van der Waals surface area contributed by atoms with Crippen LogP contribution < -0.4 is 10.3 Å². The van der Waals surface area contributed by atoms with Crippen LogP contribution in [0.2, 0.25) is 0 Å². The maximum atomic E-state index is 13.3. The number of carbonyl (C=O) groups is 1. The molecular formula is C16H21FNO6P. The Kier molecular flexibility index (Phi) is 8.51. The third kappa shape index (κ3) is 6.80. The van der Waals surface area contributed by atoms with Crippen molar-refractivity contribution in [1.82, 2.24) is 0 Å². The highest BCUT2D eigenvalue weighted by molar-refractivity contribution is 7.48. The molecule has 0 saturated heterocycles. The highest BCUT2D eigenvalue weighted by Crippen LogP contribution is 2.50. The summed E-state index contributed by atoms with van der Waals surface area (Å²) in [6.07, 6.45) is 2.74. The molecule has 0 amide bonds. The van der Waals surface area contributed by atoms with E-state index in [1.165, 1.54) is 30.4 Å². The van der Waals surface area contributed by atoms with Gasteiger partial charge in [-0.05, 0) is 24.1 Å². The maximum Gasteiger partial charge on any atom is 0.530 e. The van der Waals surface area contributed by atoms with Crippen LogP contribution in [0.15, 0.2) is 43.5 Å². The molecule has 0 aliphatic rings. The van der Waals surface area contributed by atoms with Crippen molar-refractivity contribution in [3.8, 4) is 5.75 Å². The molecule has 0 heterocycles. The second-order valence-electron chi connectivity index (χ2n) is 4.93. The summed E-state index contributed by atoms with van der Waals surface area (Å²) in [5.74, 6) is -1.20. The average Bonchev–Trinajstić information content (AvgIpc) is 2.59. The van der Waals surface area contributed by atoms with Gasteiger partial charge < -0.3 is 15.4 Å². The van der Waals surface area contributed by atoms with Gasteiger partial charge in [0.15, 0.2) is 0 Å². The molecule has 0 fully saturated rings. The molecule has 0 aliphatic heterocycles. The van der Waals surface area contributed by atoms with E-state index in [2.05, 4.69) is 13.2 Å². The lowest BCUT2D eigenvalue weighted by molar-refractivity contribution is -0.138. The summed E-state index contributed by atoms with van der Waals surface area (Å²) in [6.45, 7) is 5.78. The van der Waals surface area contributed by atoms with Gasteiger partial charge >= 0.3 is 13.8 Å². The molecule has 0 bridgehead atoms. The van der Waals surface area contributed by atoms with E-state index in [1.54, 1.807) is 0 Å². The van der Waals surface area contributed by atoms with Crippen LogP contribution in [-0.4, -0.2) is 30.3 Å². The van der Waals surface area contributed by atoms with E-state index in [4.69, 9.17) is 24.4 Å². The largest absolute Gasteiger partial charge is 0.530 e. The fourth-order valence-corrected chi connectivity index (χ4v) is 2.97. The van der Waals surface area contributed by atoms with Crippen LogP contribution in [0.5, 0.6) is 5.75 Å². The topological polar surface area (TPSA) is 108 Å². The van der Waals surface area contributed by atoms with Crippen LogP contribution in [0.1, 0.15) is 11.1 Å². The molecule has 0 saturated carbocycles. The number of aliphatic carboxylic acids is 1. The molecule has 9 heteroatoms. The molecule has 1 aromatic rings. The summed E-state index contributed by atoms with van der Waals surface area (Å²) in [5, 5.41) is 8.83. The second kappa shape index (κ2) is 10.1. The molecule has 3 N–H and O–H groups in total. The lowest BCUT2D eigenvalue weighted by Gasteiger charge is -2.19. The molecule has 0 aliphatic carbocycles. The minimum absolute atomic E-state index is 0.0141. The highest BCUT2D eigenvalue weighted by atomic mass is 31.2. The van der Waals surface area contributed by atoms with Gasteiger partial charge in [0.1, 0.15) is 18.5 Å². The Balaban J connectivity index is 3.01. The van der Waals surface area contributed by atoms with Crippen molar-refractivity contribution in [2.24, 2.45) is 5.73 Å². The average molecular weight is 373 g/mol. The number of halogens is 1. The molecule has 7 nitrogen and oxygen atoms in total. The Morgan fingerprint density at radius 3 is 2.40 bits per heavy atom. The molecular weight excluding hydrogens is 352 g/mol. The van der Waals surface area contributed by atoms with Crippen molar-refractivity contribution in [3.05, 3.63) is 54.6 Å². The van der Waals surface area contributed by atoms with Gasteiger partial charge in [0.2, 0.25) is 0 Å². The first kappa shape index (κ1) is 21.1. The lowest BCUT2D eigenvalue weighted by Crippen LogP contribution is -2.32. The summed E-state index contributed by atoms with van der Waals surface area (Å²) in [5.41, 5.74) is 6.03. The van der Waals surface area contributed by atoms with Crippen LogP contribution in [0, 0.1) is 0 Å². The number of benzene rings is 1. The minimum atomic E-state index is -4.00. The molecule has 0 spiro atoms. The smallest absolute Gasteiger partial charge is 0.480 e. The third-order valence-electron chi connectivity index (χ3n) is 2.95. The molecule has 0 aromatic heterocycles. The summed E-state index contributed by atoms with van der Waals surface area (Å²) in [4.78, 5) is 10.8. The van der Waals surface area contributed by atoms with Crippen LogP contribution >= 0.6 is 7.82 Å². The quantitative estimate of drug-likeness (QED) is 0.428. The highest BCUT2D eigenvalue weighted by Gasteiger charge is 2.29. The predicted octanol–water partition coefficient (Wildman–Crippen LogP) is 3.00. The summed E-state index contributed by atoms with van der Waals surface area (Å²) in [7, 11) is -4.00. The predicted molar refractivity (Wildman–Crippen MR) is 91.1 cm³/mol. The lowest BCUT2D eigenvalue weighted by atomic mass is 10.0. The Labute approximate surface area is 145 Å². The van der Waals surface area contributed by atoms with E-state index in [9.17, 15) is 13.8 Å². The van der Waals surface area contributed by atoms with E-state index in [-0.39, 0.29) is 30.9 Å². The Morgan fingerprint density at radius 1 is 1.32 bits per heavy atom. The van der Waals surface area contributed by atoms with Crippen molar-refractivity contribution in [3.63, 3.8) is 0 Å². The summed E-state index contributed by atoms with van der Waals surface area (Å²) < 4.78 is 41.2. The van der Waals surface area contributed by atoms with Gasteiger partial charge in [-0.1, -0.05) is 18.2 Å². The van der Waals surface area contributed by atoms with Crippen molar-refractivity contribution >= 4 is 13.8 Å². The number of carboxylic acid groups (broad SMARTS) is 1. The van der Waals surface area contributed by atoms with Gasteiger partial charge in [-0.3, -0.25) is 13.8 Å². The number of phosphoric ester groups is 1. The van der Waals surface area contributed by atoms with Crippen molar-refractivity contribution in [2.45, 2.75) is 19.1 Å². The molecule has 0 radical (unpaired) electrons. The number of rotatable bonds is 12. The molecule has 1 aromatic carbocycles. The Morgan fingerprint density at radius 2 is 1.92 bits per heavy atom. The maximum absolute atomic E-state index is 13.3. The zero-order valence-electron chi connectivity index (χ0n) is 13.6. The van der Waals surface area contributed by atoms with Gasteiger partial charge in [0.25, 0.3) is 0 Å². The number of nitrogens with two attached hydrogens (primary N) is 1. The van der Waals surface area contributed by atoms with E-state index in [0.29, 0.717) is 5.56 Å². The first-order valence-corrected chi connectivity index (χ1v) is 8.78. The standard InChI is InChI=1S/C16H21FNO6P/c1-3-7-22-25(21,23-8-4-2)24-15-6-5-12(9-13(15)11-17)10-14(18)16(19)20/h3-6,9,14H,1-2,7-8,10-11,18H2,(H,19,20). The van der Waals surface area contributed by atoms with Crippen LogP contribution in [0.25, 0.3) is 0 Å². The molecule has 25 heavy (non-hydrogen) atoms. The third-order valence-corrected chi connectivity index (χ3v) is 4.30.